The maximum atomic E-state index is 14.0. The molecule has 1 heterocycles. The normalized spacial score (nSPS) is 10.9. The van der Waals surface area contributed by atoms with Gasteiger partial charge in [0.05, 0.1) is 18.1 Å². The third-order valence-electron chi connectivity index (χ3n) is 3.19. The molecule has 0 radical (unpaired) electrons. The fourth-order valence-corrected chi connectivity index (χ4v) is 2.35. The molecule has 0 aliphatic carbocycles. The molecule has 3 rings (SSSR count). The fraction of sp³-hybridized carbons (Fsp3) is 0.0625. The minimum Gasteiger partial charge on any atom is -0.490 e. The van der Waals surface area contributed by atoms with Crippen LogP contribution in [0.1, 0.15) is 0 Å². The Bertz CT molecular complexity index is 935. The molecule has 22 heavy (non-hydrogen) atoms. The number of hydrogen-bond donors (Lipinski definition) is 0. The van der Waals surface area contributed by atoms with Crippen molar-refractivity contribution in [3.8, 4) is 17.1 Å². The number of halogens is 3. The lowest BCUT2D eigenvalue weighted by Crippen LogP contribution is -2.08. The molecule has 0 aliphatic rings. The predicted octanol–water partition coefficient (Wildman–Crippen LogP) is 4.40. The van der Waals surface area contributed by atoms with Crippen molar-refractivity contribution in [3.05, 3.63) is 63.3 Å². The van der Waals surface area contributed by atoms with E-state index < -0.39 is 17.1 Å². The van der Waals surface area contributed by atoms with Crippen molar-refractivity contribution >= 4 is 22.6 Å². The molecular formula is C16H9ClF2O3. The van der Waals surface area contributed by atoms with Gasteiger partial charge in [0.1, 0.15) is 17.2 Å². The van der Waals surface area contributed by atoms with Crippen molar-refractivity contribution in [2.75, 3.05) is 7.11 Å². The maximum Gasteiger partial charge on any atom is 0.235 e. The summed E-state index contributed by atoms with van der Waals surface area (Å²) < 4.78 is 38.0. The molecule has 0 spiro atoms. The van der Waals surface area contributed by atoms with Crippen LogP contribution in [0.5, 0.6) is 5.75 Å². The number of methoxy groups -OCH3 is 1. The van der Waals surface area contributed by atoms with E-state index >= 15 is 0 Å². The minimum atomic E-state index is -0.732. The van der Waals surface area contributed by atoms with Crippen LogP contribution in [0.3, 0.4) is 0 Å². The van der Waals surface area contributed by atoms with Crippen molar-refractivity contribution in [2.45, 2.75) is 0 Å². The van der Waals surface area contributed by atoms with E-state index in [1.165, 1.54) is 25.3 Å². The van der Waals surface area contributed by atoms with Gasteiger partial charge in [-0.3, -0.25) is 4.79 Å². The molecule has 3 aromatic rings. The van der Waals surface area contributed by atoms with E-state index in [1.807, 2.05) is 0 Å². The van der Waals surface area contributed by atoms with Crippen molar-refractivity contribution < 1.29 is 17.9 Å². The Kier molecular flexibility index (Phi) is 3.58. The third-order valence-corrected chi connectivity index (χ3v) is 3.43. The molecule has 0 aliphatic heterocycles. The van der Waals surface area contributed by atoms with Crippen LogP contribution in [0.15, 0.2) is 45.6 Å². The first-order valence-electron chi connectivity index (χ1n) is 6.27. The summed E-state index contributed by atoms with van der Waals surface area (Å²) in [5, 5.41) is 0.591. The fourth-order valence-electron chi connectivity index (χ4n) is 2.18. The van der Waals surface area contributed by atoms with Gasteiger partial charge < -0.3 is 9.15 Å². The summed E-state index contributed by atoms with van der Waals surface area (Å²) >= 11 is 5.87. The lowest BCUT2D eigenvalue weighted by atomic mass is 10.1. The summed E-state index contributed by atoms with van der Waals surface area (Å²) in [7, 11) is 1.26. The highest BCUT2D eigenvalue weighted by molar-refractivity contribution is 6.31. The molecule has 0 bridgehead atoms. The molecule has 6 heteroatoms. The second kappa shape index (κ2) is 5.42. The Balaban J connectivity index is 2.42. The zero-order chi connectivity index (χ0) is 15.9. The molecule has 0 amide bonds. The van der Waals surface area contributed by atoms with Crippen LogP contribution in [0.25, 0.3) is 22.3 Å². The number of ether oxygens (including phenoxy) is 1. The second-order valence-corrected chi connectivity index (χ2v) is 4.99. The largest absolute Gasteiger partial charge is 0.490 e. The van der Waals surface area contributed by atoms with E-state index in [4.69, 9.17) is 20.8 Å². The van der Waals surface area contributed by atoms with Gasteiger partial charge in [-0.15, -0.1) is 0 Å². The zero-order valence-electron chi connectivity index (χ0n) is 11.3. The van der Waals surface area contributed by atoms with Crippen molar-refractivity contribution in [2.24, 2.45) is 0 Å². The summed E-state index contributed by atoms with van der Waals surface area (Å²) in [6.45, 7) is 0. The van der Waals surface area contributed by atoms with E-state index in [2.05, 4.69) is 0 Å². The van der Waals surface area contributed by atoms with E-state index in [9.17, 15) is 13.6 Å². The molecule has 0 fully saturated rings. The van der Waals surface area contributed by atoms with Crippen LogP contribution in [-0.2, 0) is 0 Å². The highest BCUT2D eigenvalue weighted by Crippen LogP contribution is 2.33. The monoisotopic (exact) mass is 322 g/mol. The Morgan fingerprint density at radius 1 is 1.14 bits per heavy atom. The Morgan fingerprint density at radius 3 is 2.64 bits per heavy atom. The van der Waals surface area contributed by atoms with Gasteiger partial charge in [-0.1, -0.05) is 11.6 Å². The third kappa shape index (κ3) is 2.33. The average Bonchev–Trinajstić information content (AvgIpc) is 2.49. The molecule has 3 nitrogen and oxygen atoms in total. The molecule has 0 saturated carbocycles. The summed E-state index contributed by atoms with van der Waals surface area (Å²) in [5.41, 5.74) is -0.521. The molecule has 0 N–H and O–H groups in total. The van der Waals surface area contributed by atoms with Gasteiger partial charge in [-0.2, -0.15) is 0 Å². The second-order valence-electron chi connectivity index (χ2n) is 4.56. The maximum absolute atomic E-state index is 14.0. The number of hydrogen-bond acceptors (Lipinski definition) is 3. The van der Waals surface area contributed by atoms with E-state index in [1.54, 1.807) is 0 Å². The summed E-state index contributed by atoms with van der Waals surface area (Å²) in [5.74, 6) is -1.77. The first-order valence-corrected chi connectivity index (χ1v) is 6.65. The van der Waals surface area contributed by atoms with Gasteiger partial charge in [0.25, 0.3) is 0 Å². The van der Waals surface area contributed by atoms with Crippen LogP contribution >= 0.6 is 11.6 Å². The van der Waals surface area contributed by atoms with Crippen molar-refractivity contribution in [1.29, 1.82) is 0 Å². The molecule has 0 unspecified atom stereocenters. The number of benzene rings is 2. The van der Waals surface area contributed by atoms with Gasteiger partial charge >= 0.3 is 0 Å². The molecule has 1 aromatic heterocycles. The van der Waals surface area contributed by atoms with Crippen LogP contribution in [0.4, 0.5) is 8.78 Å². The number of rotatable bonds is 2. The minimum absolute atomic E-state index is 0.164. The van der Waals surface area contributed by atoms with Crippen LogP contribution < -0.4 is 10.2 Å². The lowest BCUT2D eigenvalue weighted by molar-refractivity contribution is 0.398. The highest BCUT2D eigenvalue weighted by atomic mass is 35.5. The van der Waals surface area contributed by atoms with Gasteiger partial charge in [-0.25, -0.2) is 8.78 Å². The van der Waals surface area contributed by atoms with Gasteiger partial charge in [0.15, 0.2) is 5.76 Å². The van der Waals surface area contributed by atoms with Crippen LogP contribution in [0.2, 0.25) is 5.02 Å². The average molecular weight is 323 g/mol. The van der Waals surface area contributed by atoms with E-state index in [-0.39, 0.29) is 28.0 Å². The summed E-state index contributed by atoms with van der Waals surface area (Å²) in [6.07, 6.45) is 0. The standard InChI is InChI=1S/C16H9ClF2O3/c1-21-16-14(20)10-4-2-8(17)6-13(10)22-15(16)11-7-9(18)3-5-12(11)19/h2-7H,1H3. The number of fused-ring (bicyclic) bond motifs is 1. The lowest BCUT2D eigenvalue weighted by Gasteiger charge is -2.10. The molecule has 112 valence electrons. The summed E-state index contributed by atoms with van der Waals surface area (Å²) in [4.78, 5) is 12.4. The highest BCUT2D eigenvalue weighted by Gasteiger charge is 2.20. The van der Waals surface area contributed by atoms with Crippen molar-refractivity contribution in [1.82, 2.24) is 0 Å². The van der Waals surface area contributed by atoms with Crippen LogP contribution in [-0.4, -0.2) is 7.11 Å². The molecular weight excluding hydrogens is 314 g/mol. The van der Waals surface area contributed by atoms with Crippen molar-refractivity contribution in [3.63, 3.8) is 0 Å². The smallest absolute Gasteiger partial charge is 0.235 e. The zero-order valence-corrected chi connectivity index (χ0v) is 12.1. The van der Waals surface area contributed by atoms with E-state index in [0.29, 0.717) is 5.02 Å². The van der Waals surface area contributed by atoms with Gasteiger partial charge in [-0.05, 0) is 30.3 Å². The molecule has 2 aromatic carbocycles. The predicted molar refractivity (Wildman–Crippen MR) is 79.4 cm³/mol. The van der Waals surface area contributed by atoms with Gasteiger partial charge in [0.2, 0.25) is 11.2 Å². The van der Waals surface area contributed by atoms with Crippen LogP contribution in [0, 0.1) is 11.6 Å². The summed E-state index contributed by atoms with van der Waals surface area (Å²) in [6, 6.07) is 7.30. The quantitative estimate of drug-likeness (QED) is 0.702. The molecule has 0 atom stereocenters. The first-order chi connectivity index (χ1) is 10.5. The molecule has 0 saturated heterocycles. The Labute approximate surface area is 128 Å². The topological polar surface area (TPSA) is 39.4 Å². The Morgan fingerprint density at radius 2 is 1.91 bits per heavy atom. The van der Waals surface area contributed by atoms with Gasteiger partial charge in [0, 0.05) is 11.1 Å². The Hall–Kier alpha value is -2.40. The SMILES string of the molecule is COc1c(-c2cc(F)ccc2F)oc2cc(Cl)ccc2c1=O. The van der Waals surface area contributed by atoms with E-state index in [0.717, 1.165) is 18.2 Å². The first kappa shape index (κ1) is 14.5.